The number of carboxylic acids is 1. The van der Waals surface area contributed by atoms with Gasteiger partial charge in [0.25, 0.3) is 0 Å². The molecule has 0 bridgehead atoms. The van der Waals surface area contributed by atoms with E-state index in [2.05, 4.69) is 10.1 Å². The minimum atomic E-state index is -1.02. The van der Waals surface area contributed by atoms with Crippen LogP contribution in [0.3, 0.4) is 0 Å². The maximum absolute atomic E-state index is 10.8. The van der Waals surface area contributed by atoms with Crippen molar-refractivity contribution in [3.05, 3.63) is 42.0 Å². The Bertz CT molecular complexity index is 491. The second-order valence-corrected chi connectivity index (χ2v) is 3.12. The van der Waals surface area contributed by atoms with Crippen molar-refractivity contribution in [3.63, 3.8) is 0 Å². The molecular weight excluding hydrogens is 194 g/mol. The van der Waals surface area contributed by atoms with Crippen LogP contribution in [0.2, 0.25) is 0 Å². The summed E-state index contributed by atoms with van der Waals surface area (Å²) in [5.41, 5.74) is 1.44. The van der Waals surface area contributed by atoms with Crippen molar-refractivity contribution in [3.8, 4) is 5.69 Å². The van der Waals surface area contributed by atoms with Crippen molar-refractivity contribution in [1.29, 1.82) is 0 Å². The van der Waals surface area contributed by atoms with E-state index in [1.165, 1.54) is 4.68 Å². The first-order valence-electron chi connectivity index (χ1n) is 4.38. The van der Waals surface area contributed by atoms with E-state index in [1.54, 1.807) is 31.6 Å². The highest BCUT2D eigenvalue weighted by Crippen LogP contribution is 2.10. The minimum absolute atomic E-state index is 0.0684. The van der Waals surface area contributed by atoms with Gasteiger partial charge in [0.15, 0.2) is 5.69 Å². The van der Waals surface area contributed by atoms with E-state index in [0.717, 1.165) is 5.69 Å². The topological polar surface area (TPSA) is 68.0 Å². The summed E-state index contributed by atoms with van der Waals surface area (Å²) in [5, 5.41) is 12.8. The summed E-state index contributed by atoms with van der Waals surface area (Å²) < 4.78 is 1.51. The van der Waals surface area contributed by atoms with Gasteiger partial charge in [0, 0.05) is 18.0 Å². The molecule has 0 aromatic carbocycles. The number of pyridine rings is 1. The molecule has 5 heteroatoms. The molecule has 0 saturated heterocycles. The van der Waals surface area contributed by atoms with E-state index in [1.807, 2.05) is 6.07 Å². The SMILES string of the molecule is Cc1cn(-c2cccnc2)nc1C(=O)O. The predicted molar refractivity (Wildman–Crippen MR) is 53.1 cm³/mol. The van der Waals surface area contributed by atoms with Gasteiger partial charge < -0.3 is 5.11 Å². The third kappa shape index (κ3) is 1.71. The summed E-state index contributed by atoms with van der Waals surface area (Å²) in [5.74, 6) is -1.02. The molecule has 0 radical (unpaired) electrons. The summed E-state index contributed by atoms with van der Waals surface area (Å²) in [6.45, 7) is 1.71. The van der Waals surface area contributed by atoms with Crippen LogP contribution >= 0.6 is 0 Å². The van der Waals surface area contributed by atoms with Crippen LogP contribution in [-0.4, -0.2) is 25.8 Å². The lowest BCUT2D eigenvalue weighted by molar-refractivity contribution is 0.0689. The number of hydrogen-bond acceptors (Lipinski definition) is 3. The molecule has 2 heterocycles. The molecule has 5 nitrogen and oxygen atoms in total. The third-order valence-electron chi connectivity index (χ3n) is 2.01. The molecule has 0 aliphatic carbocycles. The zero-order chi connectivity index (χ0) is 10.8. The van der Waals surface area contributed by atoms with Crippen molar-refractivity contribution < 1.29 is 9.90 Å². The number of aryl methyl sites for hydroxylation is 1. The van der Waals surface area contributed by atoms with Crippen LogP contribution < -0.4 is 0 Å². The molecule has 15 heavy (non-hydrogen) atoms. The number of carboxylic acid groups (broad SMARTS) is 1. The Balaban J connectivity index is 2.48. The molecule has 0 unspecified atom stereocenters. The smallest absolute Gasteiger partial charge is 0.356 e. The van der Waals surface area contributed by atoms with Crippen LogP contribution in [0.4, 0.5) is 0 Å². The molecule has 0 aliphatic heterocycles. The van der Waals surface area contributed by atoms with Gasteiger partial charge in [-0.15, -0.1) is 0 Å². The lowest BCUT2D eigenvalue weighted by Gasteiger charge is -1.97. The van der Waals surface area contributed by atoms with E-state index < -0.39 is 5.97 Å². The van der Waals surface area contributed by atoms with Crippen LogP contribution in [0, 0.1) is 6.92 Å². The Hall–Kier alpha value is -2.17. The second kappa shape index (κ2) is 3.53. The highest BCUT2D eigenvalue weighted by atomic mass is 16.4. The number of aromatic nitrogens is 3. The van der Waals surface area contributed by atoms with Crippen molar-refractivity contribution in [2.45, 2.75) is 6.92 Å². The molecule has 0 spiro atoms. The van der Waals surface area contributed by atoms with E-state index >= 15 is 0 Å². The fraction of sp³-hybridized carbons (Fsp3) is 0.100. The minimum Gasteiger partial charge on any atom is -0.476 e. The molecule has 2 aromatic rings. The third-order valence-corrected chi connectivity index (χ3v) is 2.01. The maximum atomic E-state index is 10.8. The lowest BCUT2D eigenvalue weighted by atomic mass is 10.3. The highest BCUT2D eigenvalue weighted by Gasteiger charge is 2.12. The van der Waals surface area contributed by atoms with Crippen LogP contribution in [0.5, 0.6) is 0 Å². The molecular formula is C10H9N3O2. The van der Waals surface area contributed by atoms with Gasteiger partial charge in [-0.1, -0.05) is 0 Å². The van der Waals surface area contributed by atoms with E-state index in [-0.39, 0.29) is 5.69 Å². The van der Waals surface area contributed by atoms with Gasteiger partial charge in [0.1, 0.15) is 0 Å². The summed E-state index contributed by atoms with van der Waals surface area (Å²) in [6, 6.07) is 3.58. The van der Waals surface area contributed by atoms with E-state index in [0.29, 0.717) is 5.56 Å². The quantitative estimate of drug-likeness (QED) is 0.798. The molecule has 2 aromatic heterocycles. The molecule has 0 fully saturated rings. The fourth-order valence-corrected chi connectivity index (χ4v) is 1.29. The summed E-state index contributed by atoms with van der Waals surface area (Å²) >= 11 is 0. The predicted octanol–water partition coefficient (Wildman–Crippen LogP) is 1.27. The van der Waals surface area contributed by atoms with Crippen LogP contribution in [0.25, 0.3) is 5.69 Å². The standard InChI is InChI=1S/C10H9N3O2/c1-7-6-13(12-9(7)10(14)15)8-3-2-4-11-5-8/h2-6H,1H3,(H,14,15). The Morgan fingerprint density at radius 1 is 1.53 bits per heavy atom. The normalized spacial score (nSPS) is 10.2. The Morgan fingerprint density at radius 3 is 2.87 bits per heavy atom. The fourth-order valence-electron chi connectivity index (χ4n) is 1.29. The highest BCUT2D eigenvalue weighted by molar-refractivity contribution is 5.86. The van der Waals surface area contributed by atoms with Gasteiger partial charge in [-0.3, -0.25) is 4.98 Å². The van der Waals surface area contributed by atoms with Crippen molar-refractivity contribution in [2.75, 3.05) is 0 Å². The van der Waals surface area contributed by atoms with Gasteiger partial charge in [0.2, 0.25) is 0 Å². The molecule has 76 valence electrons. The van der Waals surface area contributed by atoms with Gasteiger partial charge in [-0.05, 0) is 19.1 Å². The largest absolute Gasteiger partial charge is 0.476 e. The Labute approximate surface area is 86.0 Å². The summed E-state index contributed by atoms with van der Waals surface area (Å²) in [4.78, 5) is 14.7. The number of carbonyl (C=O) groups is 1. The zero-order valence-corrected chi connectivity index (χ0v) is 8.08. The van der Waals surface area contributed by atoms with E-state index in [9.17, 15) is 4.79 Å². The van der Waals surface area contributed by atoms with Crippen LogP contribution in [0.1, 0.15) is 16.1 Å². The summed E-state index contributed by atoms with van der Waals surface area (Å²) in [7, 11) is 0. The maximum Gasteiger partial charge on any atom is 0.356 e. The van der Waals surface area contributed by atoms with E-state index in [4.69, 9.17) is 5.11 Å². The Kier molecular flexibility index (Phi) is 2.21. The molecule has 1 N–H and O–H groups in total. The number of rotatable bonds is 2. The average Bonchev–Trinajstić information content (AvgIpc) is 2.62. The molecule has 2 rings (SSSR count). The first-order chi connectivity index (χ1) is 7.18. The average molecular weight is 203 g/mol. The van der Waals surface area contributed by atoms with Crippen molar-refractivity contribution in [2.24, 2.45) is 0 Å². The monoisotopic (exact) mass is 203 g/mol. The lowest BCUT2D eigenvalue weighted by Crippen LogP contribution is -2.01. The molecule has 0 amide bonds. The molecule has 0 aliphatic rings. The number of aromatic carboxylic acids is 1. The first-order valence-corrected chi connectivity index (χ1v) is 4.38. The van der Waals surface area contributed by atoms with Crippen LogP contribution in [0.15, 0.2) is 30.7 Å². The number of hydrogen-bond donors (Lipinski definition) is 1. The van der Waals surface area contributed by atoms with Gasteiger partial charge >= 0.3 is 5.97 Å². The van der Waals surface area contributed by atoms with Gasteiger partial charge in [-0.25, -0.2) is 9.48 Å². The molecule has 0 saturated carbocycles. The zero-order valence-electron chi connectivity index (χ0n) is 8.08. The van der Waals surface area contributed by atoms with Crippen molar-refractivity contribution >= 4 is 5.97 Å². The van der Waals surface area contributed by atoms with Crippen LogP contribution in [-0.2, 0) is 0 Å². The van der Waals surface area contributed by atoms with Gasteiger partial charge in [-0.2, -0.15) is 5.10 Å². The summed E-state index contributed by atoms with van der Waals surface area (Å²) in [6.07, 6.45) is 4.94. The molecule has 0 atom stereocenters. The Morgan fingerprint density at radius 2 is 2.33 bits per heavy atom. The number of nitrogens with zero attached hydrogens (tertiary/aromatic N) is 3. The first kappa shape index (κ1) is 9.39. The van der Waals surface area contributed by atoms with Gasteiger partial charge in [0.05, 0.1) is 11.9 Å². The second-order valence-electron chi connectivity index (χ2n) is 3.12. The van der Waals surface area contributed by atoms with Crippen molar-refractivity contribution in [1.82, 2.24) is 14.8 Å².